The van der Waals surface area contributed by atoms with Gasteiger partial charge in [-0.25, -0.2) is 9.36 Å². The van der Waals surface area contributed by atoms with E-state index in [-0.39, 0.29) is 29.9 Å². The molecule has 0 saturated carbocycles. The fraction of sp³-hybridized carbons (Fsp3) is 0.412. The summed E-state index contributed by atoms with van der Waals surface area (Å²) >= 11 is 0. The number of imidazole rings is 1. The highest BCUT2D eigenvalue weighted by Crippen LogP contribution is 2.48. The van der Waals surface area contributed by atoms with E-state index in [9.17, 15) is 27.9 Å². The lowest BCUT2D eigenvalue weighted by Gasteiger charge is -2.27. The summed E-state index contributed by atoms with van der Waals surface area (Å²) in [6.45, 7) is 0.175. The van der Waals surface area contributed by atoms with Crippen molar-refractivity contribution in [2.24, 2.45) is 0 Å². The first-order valence-corrected chi connectivity index (χ1v) is 8.26. The lowest BCUT2D eigenvalue weighted by Crippen LogP contribution is -2.39. The molecule has 2 aromatic rings. The van der Waals surface area contributed by atoms with Gasteiger partial charge in [0.1, 0.15) is 12.3 Å². The number of alkyl halides is 3. The van der Waals surface area contributed by atoms with Gasteiger partial charge < -0.3 is 14.7 Å². The molecule has 7 nitrogen and oxygen atoms in total. The molecule has 1 aromatic heterocycles. The first-order valence-electron chi connectivity index (χ1n) is 8.26. The summed E-state index contributed by atoms with van der Waals surface area (Å²) in [5.41, 5.74) is -1.37. The van der Waals surface area contributed by atoms with Gasteiger partial charge in [-0.15, -0.1) is 0 Å². The van der Waals surface area contributed by atoms with Gasteiger partial charge in [-0.1, -0.05) is 6.07 Å². The Morgan fingerprint density at radius 3 is 2.78 bits per heavy atom. The number of rotatable bonds is 3. The normalized spacial score (nSPS) is 21.0. The highest BCUT2D eigenvalue weighted by Gasteiger charge is 2.49. The number of benzene rings is 1. The zero-order valence-electron chi connectivity index (χ0n) is 14.2. The maximum atomic E-state index is 13.0. The molecule has 144 valence electrons. The van der Waals surface area contributed by atoms with Crippen LogP contribution in [0.2, 0.25) is 0 Å². The Bertz CT molecular complexity index is 979. The van der Waals surface area contributed by atoms with Crippen molar-refractivity contribution in [1.29, 1.82) is 0 Å². The maximum Gasteiger partial charge on any atom is 0.416 e. The number of carbonyl (C=O) groups excluding carboxylic acids is 1. The molecule has 0 radical (unpaired) electrons. The second-order valence-corrected chi connectivity index (χ2v) is 6.63. The Kier molecular flexibility index (Phi) is 3.84. The van der Waals surface area contributed by atoms with Crippen LogP contribution in [0.5, 0.6) is 5.88 Å². The average Bonchev–Trinajstić information content (AvgIpc) is 3.26. The van der Waals surface area contributed by atoms with Crippen molar-refractivity contribution in [3.05, 3.63) is 46.0 Å². The van der Waals surface area contributed by atoms with E-state index in [2.05, 4.69) is 0 Å². The molecule has 1 amide bonds. The predicted molar refractivity (Wildman–Crippen MR) is 86.7 cm³/mol. The molecule has 1 fully saturated rings. The number of ether oxygens (including phenoxy) is 1. The van der Waals surface area contributed by atoms with Crippen LogP contribution < -0.4 is 5.69 Å². The van der Waals surface area contributed by atoms with Gasteiger partial charge in [0, 0.05) is 13.7 Å². The van der Waals surface area contributed by atoms with Crippen LogP contribution in [0.4, 0.5) is 13.2 Å². The molecule has 1 saturated heterocycles. The van der Waals surface area contributed by atoms with Gasteiger partial charge >= 0.3 is 11.9 Å². The third-order valence-corrected chi connectivity index (χ3v) is 5.08. The van der Waals surface area contributed by atoms with Crippen LogP contribution in [-0.2, 0) is 15.7 Å². The van der Waals surface area contributed by atoms with Crippen molar-refractivity contribution >= 4 is 5.91 Å². The van der Waals surface area contributed by atoms with Crippen LogP contribution in [0.15, 0.2) is 29.1 Å². The van der Waals surface area contributed by atoms with Gasteiger partial charge in [0.25, 0.3) is 0 Å². The molecule has 2 atom stereocenters. The third kappa shape index (κ3) is 2.54. The molecule has 0 aliphatic carbocycles. The Hall–Kier alpha value is -2.75. The number of likely N-dealkylation sites (tertiary alicyclic amines) is 1. The molecule has 27 heavy (non-hydrogen) atoms. The summed E-state index contributed by atoms with van der Waals surface area (Å²) in [7, 11) is 1.39. The molecule has 4 rings (SSSR count). The number of hydrogen-bond donors (Lipinski definition) is 1. The van der Waals surface area contributed by atoms with Gasteiger partial charge in [-0.05, 0) is 24.6 Å². The first-order chi connectivity index (χ1) is 12.7. The smallest absolute Gasteiger partial charge is 0.416 e. The van der Waals surface area contributed by atoms with Gasteiger partial charge in [0.15, 0.2) is 0 Å². The topological polar surface area (TPSA) is 76.7 Å². The number of fused-ring (bicyclic) bond motifs is 5. The van der Waals surface area contributed by atoms with Crippen LogP contribution in [0.1, 0.15) is 29.8 Å². The summed E-state index contributed by atoms with van der Waals surface area (Å²) in [5.74, 6) is -0.711. The van der Waals surface area contributed by atoms with Crippen LogP contribution >= 0.6 is 0 Å². The van der Waals surface area contributed by atoms with Crippen molar-refractivity contribution in [2.75, 3.05) is 20.3 Å². The summed E-state index contributed by atoms with van der Waals surface area (Å²) < 4.78 is 46.0. The van der Waals surface area contributed by atoms with Crippen molar-refractivity contribution in [3.63, 3.8) is 0 Å². The molecule has 10 heteroatoms. The first kappa shape index (κ1) is 17.7. The van der Waals surface area contributed by atoms with E-state index in [1.807, 2.05) is 0 Å². The molecule has 2 aliphatic rings. The van der Waals surface area contributed by atoms with E-state index in [4.69, 9.17) is 4.74 Å². The van der Waals surface area contributed by atoms with Gasteiger partial charge in [-0.3, -0.25) is 9.36 Å². The van der Waals surface area contributed by atoms with Crippen LogP contribution in [0.3, 0.4) is 0 Å². The van der Waals surface area contributed by atoms with Crippen molar-refractivity contribution in [1.82, 2.24) is 14.0 Å². The number of carbonyl (C=O) groups is 1. The van der Waals surface area contributed by atoms with E-state index in [1.54, 1.807) is 0 Å². The second-order valence-electron chi connectivity index (χ2n) is 6.63. The number of aromatic hydroxyl groups is 1. The molecule has 0 spiro atoms. The largest absolute Gasteiger partial charge is 0.493 e. The molecular weight excluding hydrogens is 367 g/mol. The lowest BCUT2D eigenvalue weighted by atomic mass is 10.1. The fourth-order valence-corrected chi connectivity index (χ4v) is 3.98. The van der Waals surface area contributed by atoms with E-state index in [0.29, 0.717) is 13.0 Å². The lowest BCUT2D eigenvalue weighted by molar-refractivity contribution is -0.138. The zero-order valence-corrected chi connectivity index (χ0v) is 14.2. The maximum absolute atomic E-state index is 13.0. The quantitative estimate of drug-likeness (QED) is 0.878. The minimum atomic E-state index is -4.57. The second kappa shape index (κ2) is 5.88. The summed E-state index contributed by atoms with van der Waals surface area (Å²) in [6, 6.07) is 3.38. The monoisotopic (exact) mass is 383 g/mol. The van der Waals surface area contributed by atoms with E-state index in [0.717, 1.165) is 16.7 Å². The van der Waals surface area contributed by atoms with E-state index in [1.165, 1.54) is 28.7 Å². The Labute approximate surface area is 151 Å². The molecule has 3 heterocycles. The van der Waals surface area contributed by atoms with E-state index >= 15 is 0 Å². The average molecular weight is 383 g/mol. The number of aromatic nitrogens is 2. The molecular formula is C17H16F3N3O4. The standard InChI is InChI=1S/C17H16F3N3O4/c1-27-8-13(24)21-7-11-6-12(21)14-15(25)23(16(26)22(11)14)10-4-2-3-9(5-10)17(18,19)20/h2-5,11-12,25H,6-8H2,1H3. The van der Waals surface area contributed by atoms with Gasteiger partial charge in [0.2, 0.25) is 11.8 Å². The van der Waals surface area contributed by atoms with Crippen molar-refractivity contribution < 1.29 is 27.8 Å². The van der Waals surface area contributed by atoms with Crippen LogP contribution in [0, 0.1) is 0 Å². The minimum Gasteiger partial charge on any atom is -0.493 e. The number of nitrogens with zero attached hydrogens (tertiary/aromatic N) is 3. The minimum absolute atomic E-state index is 0.0802. The van der Waals surface area contributed by atoms with Crippen LogP contribution in [-0.4, -0.2) is 45.3 Å². The fourth-order valence-electron chi connectivity index (χ4n) is 3.98. The number of halogens is 3. The molecule has 2 aliphatic heterocycles. The Morgan fingerprint density at radius 1 is 1.37 bits per heavy atom. The van der Waals surface area contributed by atoms with E-state index < -0.39 is 29.4 Å². The molecule has 1 N–H and O–H groups in total. The SMILES string of the molecule is COCC(=O)N1CC2CC1c1c(O)n(-c3cccc(C(F)(F)F)c3)c(=O)n12. The predicted octanol–water partition coefficient (Wildman–Crippen LogP) is 1.84. The molecule has 2 bridgehead atoms. The van der Waals surface area contributed by atoms with Crippen molar-refractivity contribution in [2.45, 2.75) is 24.7 Å². The number of methoxy groups -OCH3 is 1. The highest BCUT2D eigenvalue weighted by molar-refractivity contribution is 5.78. The Morgan fingerprint density at radius 2 is 2.11 bits per heavy atom. The summed E-state index contributed by atoms with van der Waals surface area (Å²) in [5, 5.41) is 10.6. The van der Waals surface area contributed by atoms with Gasteiger partial charge in [-0.2, -0.15) is 13.2 Å². The third-order valence-electron chi connectivity index (χ3n) is 5.08. The molecule has 1 aromatic carbocycles. The van der Waals surface area contributed by atoms with Crippen molar-refractivity contribution in [3.8, 4) is 11.6 Å². The van der Waals surface area contributed by atoms with Gasteiger partial charge in [0.05, 0.1) is 23.3 Å². The number of hydrogen-bond acceptors (Lipinski definition) is 4. The summed E-state index contributed by atoms with van der Waals surface area (Å²) in [4.78, 5) is 26.5. The Balaban J connectivity index is 1.80. The highest BCUT2D eigenvalue weighted by atomic mass is 19.4. The molecule has 2 unspecified atom stereocenters. The van der Waals surface area contributed by atoms with Crippen LogP contribution in [0.25, 0.3) is 5.69 Å². The zero-order chi connectivity index (χ0) is 19.5. The number of amides is 1. The summed E-state index contributed by atoms with van der Waals surface area (Å²) in [6.07, 6.45) is -4.09.